The summed E-state index contributed by atoms with van der Waals surface area (Å²) in [4.78, 5) is 21.6. The van der Waals surface area contributed by atoms with E-state index in [-0.39, 0.29) is 5.91 Å². The number of pyridine rings is 1. The van der Waals surface area contributed by atoms with Crippen molar-refractivity contribution in [3.8, 4) is 0 Å². The molecule has 5 nitrogen and oxygen atoms in total. The Kier molecular flexibility index (Phi) is 5.79. The molecule has 1 N–H and O–H groups in total. The van der Waals surface area contributed by atoms with Crippen LogP contribution in [-0.2, 0) is 0 Å². The molecule has 4 rings (SSSR count). The summed E-state index contributed by atoms with van der Waals surface area (Å²) in [5, 5.41) is 3.51. The highest BCUT2D eigenvalue weighted by Crippen LogP contribution is 2.21. The number of benzene rings is 1. The molecule has 0 unspecified atom stereocenters. The van der Waals surface area contributed by atoms with Gasteiger partial charge in [-0.3, -0.25) is 4.79 Å². The molecule has 2 aromatic rings. The number of piperazine rings is 1. The summed E-state index contributed by atoms with van der Waals surface area (Å²) in [5.74, 6) is 0.966. The van der Waals surface area contributed by atoms with E-state index in [2.05, 4.69) is 46.4 Å². The number of rotatable bonds is 4. The first-order valence-corrected chi connectivity index (χ1v) is 10.5. The van der Waals surface area contributed by atoms with Crippen molar-refractivity contribution in [2.45, 2.75) is 45.1 Å². The third kappa shape index (κ3) is 4.46. The first kappa shape index (κ1) is 18.8. The molecule has 148 valence electrons. The highest BCUT2D eigenvalue weighted by atomic mass is 16.2. The molecule has 0 radical (unpaired) electrons. The van der Waals surface area contributed by atoms with Gasteiger partial charge in [0.1, 0.15) is 5.82 Å². The number of nitrogens with zero attached hydrogens (tertiary/aromatic N) is 3. The Labute approximate surface area is 167 Å². The zero-order valence-electron chi connectivity index (χ0n) is 16.7. The number of carbonyl (C=O) groups excluding carboxylic acids is 1. The van der Waals surface area contributed by atoms with Gasteiger partial charge < -0.3 is 15.1 Å². The van der Waals surface area contributed by atoms with Crippen LogP contribution in [-0.4, -0.2) is 48.0 Å². The van der Waals surface area contributed by atoms with Crippen molar-refractivity contribution in [1.29, 1.82) is 0 Å². The van der Waals surface area contributed by atoms with E-state index in [4.69, 9.17) is 0 Å². The van der Waals surface area contributed by atoms with E-state index in [1.165, 1.54) is 43.4 Å². The lowest BCUT2D eigenvalue weighted by Crippen LogP contribution is -2.48. The van der Waals surface area contributed by atoms with Crippen molar-refractivity contribution in [3.63, 3.8) is 0 Å². The molecule has 1 aromatic heterocycles. The third-order valence-electron chi connectivity index (χ3n) is 5.90. The van der Waals surface area contributed by atoms with E-state index in [1.54, 1.807) is 6.20 Å². The number of nitrogens with one attached hydrogen (secondary N) is 1. The van der Waals surface area contributed by atoms with Crippen molar-refractivity contribution in [2.75, 3.05) is 36.4 Å². The van der Waals surface area contributed by atoms with E-state index < -0.39 is 0 Å². The predicted octanol–water partition coefficient (Wildman–Crippen LogP) is 4.10. The van der Waals surface area contributed by atoms with Gasteiger partial charge in [0, 0.05) is 44.1 Å². The lowest BCUT2D eigenvalue weighted by Gasteiger charge is -2.36. The maximum absolute atomic E-state index is 12.8. The SMILES string of the molecule is Cc1cccc(N2CCN(C(=O)c3ccc(NC4CCCCC4)nc3)CC2)c1. The fraction of sp³-hybridized carbons (Fsp3) is 0.478. The number of amides is 1. The minimum absolute atomic E-state index is 0.0839. The third-order valence-corrected chi connectivity index (χ3v) is 5.90. The minimum Gasteiger partial charge on any atom is -0.368 e. The Hall–Kier alpha value is -2.56. The predicted molar refractivity (Wildman–Crippen MR) is 114 cm³/mol. The summed E-state index contributed by atoms with van der Waals surface area (Å²) < 4.78 is 0. The van der Waals surface area contributed by atoms with Crippen LogP contribution in [0.25, 0.3) is 0 Å². The summed E-state index contributed by atoms with van der Waals surface area (Å²) in [6, 6.07) is 12.9. The van der Waals surface area contributed by atoms with Gasteiger partial charge in [0.2, 0.25) is 0 Å². The summed E-state index contributed by atoms with van der Waals surface area (Å²) >= 11 is 0. The highest BCUT2D eigenvalue weighted by Gasteiger charge is 2.23. The molecule has 1 saturated heterocycles. The van der Waals surface area contributed by atoms with Crippen LogP contribution < -0.4 is 10.2 Å². The number of hydrogen-bond donors (Lipinski definition) is 1. The molecular formula is C23H30N4O. The van der Waals surface area contributed by atoms with Gasteiger partial charge in [-0.25, -0.2) is 4.98 Å². The van der Waals surface area contributed by atoms with Crippen LogP contribution in [0.4, 0.5) is 11.5 Å². The van der Waals surface area contributed by atoms with E-state index in [0.29, 0.717) is 11.6 Å². The normalized spacial score (nSPS) is 18.2. The Balaban J connectivity index is 1.32. The summed E-state index contributed by atoms with van der Waals surface area (Å²) in [6.07, 6.45) is 8.09. The molecule has 0 bridgehead atoms. The summed E-state index contributed by atoms with van der Waals surface area (Å²) in [5.41, 5.74) is 3.19. The first-order valence-electron chi connectivity index (χ1n) is 10.5. The molecule has 2 heterocycles. The van der Waals surface area contributed by atoms with Crippen LogP contribution in [0, 0.1) is 6.92 Å². The number of anilines is 2. The summed E-state index contributed by atoms with van der Waals surface area (Å²) in [6.45, 7) is 5.33. The van der Waals surface area contributed by atoms with Crippen molar-refractivity contribution < 1.29 is 4.79 Å². The molecule has 2 aliphatic rings. The lowest BCUT2D eigenvalue weighted by atomic mass is 9.95. The number of aryl methyl sites for hydroxylation is 1. The minimum atomic E-state index is 0.0839. The smallest absolute Gasteiger partial charge is 0.255 e. The van der Waals surface area contributed by atoms with Crippen molar-refractivity contribution in [3.05, 3.63) is 53.7 Å². The second-order valence-corrected chi connectivity index (χ2v) is 8.03. The van der Waals surface area contributed by atoms with Gasteiger partial charge in [0.05, 0.1) is 5.56 Å². The second-order valence-electron chi connectivity index (χ2n) is 8.03. The van der Waals surface area contributed by atoms with E-state index in [1.807, 2.05) is 17.0 Å². The van der Waals surface area contributed by atoms with E-state index >= 15 is 0 Å². The van der Waals surface area contributed by atoms with Gasteiger partial charge in [-0.1, -0.05) is 31.4 Å². The fourth-order valence-corrected chi connectivity index (χ4v) is 4.24. The van der Waals surface area contributed by atoms with Crippen molar-refractivity contribution >= 4 is 17.4 Å². The molecule has 1 amide bonds. The number of hydrogen-bond acceptors (Lipinski definition) is 4. The molecule has 2 fully saturated rings. The molecule has 1 aliphatic heterocycles. The second kappa shape index (κ2) is 8.63. The van der Waals surface area contributed by atoms with Crippen LogP contribution in [0.1, 0.15) is 48.0 Å². The topological polar surface area (TPSA) is 48.5 Å². The lowest BCUT2D eigenvalue weighted by molar-refractivity contribution is 0.0746. The monoisotopic (exact) mass is 378 g/mol. The molecule has 1 saturated carbocycles. The zero-order chi connectivity index (χ0) is 19.3. The quantitative estimate of drug-likeness (QED) is 0.870. The number of carbonyl (C=O) groups is 1. The maximum Gasteiger partial charge on any atom is 0.255 e. The largest absolute Gasteiger partial charge is 0.368 e. The zero-order valence-corrected chi connectivity index (χ0v) is 16.7. The van der Waals surface area contributed by atoms with Crippen LogP contribution >= 0.6 is 0 Å². The molecule has 5 heteroatoms. The van der Waals surface area contributed by atoms with Gasteiger partial charge in [-0.15, -0.1) is 0 Å². The Morgan fingerprint density at radius 2 is 1.82 bits per heavy atom. The van der Waals surface area contributed by atoms with E-state index in [9.17, 15) is 4.79 Å². The van der Waals surface area contributed by atoms with Crippen LogP contribution in [0.15, 0.2) is 42.6 Å². The molecule has 0 atom stereocenters. The Morgan fingerprint density at radius 3 is 2.50 bits per heavy atom. The van der Waals surface area contributed by atoms with E-state index in [0.717, 1.165) is 32.0 Å². The fourth-order valence-electron chi connectivity index (χ4n) is 4.24. The Bertz CT molecular complexity index is 791. The average molecular weight is 379 g/mol. The van der Waals surface area contributed by atoms with Crippen molar-refractivity contribution in [1.82, 2.24) is 9.88 Å². The molecular weight excluding hydrogens is 348 g/mol. The van der Waals surface area contributed by atoms with Gasteiger partial charge in [-0.05, 0) is 49.6 Å². The van der Waals surface area contributed by atoms with Crippen LogP contribution in [0.2, 0.25) is 0 Å². The van der Waals surface area contributed by atoms with Crippen LogP contribution in [0.5, 0.6) is 0 Å². The van der Waals surface area contributed by atoms with Crippen LogP contribution in [0.3, 0.4) is 0 Å². The maximum atomic E-state index is 12.8. The Morgan fingerprint density at radius 1 is 1.04 bits per heavy atom. The van der Waals surface area contributed by atoms with Gasteiger partial charge in [-0.2, -0.15) is 0 Å². The summed E-state index contributed by atoms with van der Waals surface area (Å²) in [7, 11) is 0. The average Bonchev–Trinajstić information content (AvgIpc) is 2.75. The molecule has 28 heavy (non-hydrogen) atoms. The van der Waals surface area contributed by atoms with Gasteiger partial charge >= 0.3 is 0 Å². The number of aromatic nitrogens is 1. The standard InChI is InChI=1S/C23H30N4O/c1-18-6-5-9-21(16-18)26-12-14-27(15-13-26)23(28)19-10-11-22(24-17-19)25-20-7-3-2-4-8-20/h5-6,9-11,16-17,20H,2-4,7-8,12-15H2,1H3,(H,24,25). The van der Waals surface area contributed by atoms with Gasteiger partial charge in [0.25, 0.3) is 5.91 Å². The molecule has 1 aromatic carbocycles. The van der Waals surface area contributed by atoms with Crippen molar-refractivity contribution in [2.24, 2.45) is 0 Å². The molecule has 0 spiro atoms. The van der Waals surface area contributed by atoms with Gasteiger partial charge in [0.15, 0.2) is 0 Å². The highest BCUT2D eigenvalue weighted by molar-refractivity contribution is 5.94. The first-order chi connectivity index (χ1) is 13.7. The molecule has 1 aliphatic carbocycles.